The van der Waals surface area contributed by atoms with Crippen LogP contribution in [0.1, 0.15) is 73.5 Å². The average molecular weight is 478 g/mol. The second kappa shape index (κ2) is 12.3. The third kappa shape index (κ3) is 6.81. The summed E-state index contributed by atoms with van der Waals surface area (Å²) in [5.41, 5.74) is 3.75. The van der Waals surface area contributed by atoms with E-state index in [1.165, 1.54) is 12.0 Å². The lowest BCUT2D eigenvalue weighted by atomic mass is 10.0. The van der Waals surface area contributed by atoms with Crippen molar-refractivity contribution in [2.24, 2.45) is 0 Å². The zero-order valence-electron chi connectivity index (χ0n) is 20.4. The molecule has 3 aromatic rings. The molecule has 186 valence electrons. The SMILES string of the molecule is CCOC(=O)[C@H](CCCCCCCc1ccc2c(n1)NCCC2)NC(=O)c1ccc2cn[nH]c2c1. The number of pyridine rings is 1. The molecule has 2 aromatic heterocycles. The van der Waals surface area contributed by atoms with Gasteiger partial charge in [-0.2, -0.15) is 5.10 Å². The summed E-state index contributed by atoms with van der Waals surface area (Å²) in [6.45, 7) is 3.07. The molecule has 1 aliphatic rings. The third-order valence-corrected chi connectivity index (χ3v) is 6.46. The van der Waals surface area contributed by atoms with Crippen LogP contribution in [0.25, 0.3) is 10.9 Å². The maximum absolute atomic E-state index is 12.8. The average Bonchev–Trinajstić information content (AvgIpc) is 3.35. The molecule has 8 nitrogen and oxygen atoms in total. The van der Waals surface area contributed by atoms with Crippen molar-refractivity contribution in [3.63, 3.8) is 0 Å². The molecule has 1 amide bonds. The van der Waals surface area contributed by atoms with Crippen LogP contribution in [0.15, 0.2) is 36.5 Å². The van der Waals surface area contributed by atoms with Gasteiger partial charge in [0.05, 0.1) is 18.3 Å². The number of hydrogen-bond acceptors (Lipinski definition) is 6. The van der Waals surface area contributed by atoms with E-state index in [0.717, 1.165) is 73.9 Å². The minimum atomic E-state index is -0.646. The van der Waals surface area contributed by atoms with E-state index >= 15 is 0 Å². The molecule has 3 heterocycles. The summed E-state index contributed by atoms with van der Waals surface area (Å²) in [4.78, 5) is 30.0. The van der Waals surface area contributed by atoms with Gasteiger partial charge in [0.15, 0.2) is 0 Å². The third-order valence-electron chi connectivity index (χ3n) is 6.46. The highest BCUT2D eigenvalue weighted by molar-refractivity contribution is 5.99. The number of unbranched alkanes of at least 4 members (excludes halogenated alkanes) is 4. The topological polar surface area (TPSA) is 109 Å². The molecule has 0 saturated carbocycles. The second-order valence-electron chi connectivity index (χ2n) is 9.10. The molecule has 1 aromatic carbocycles. The van der Waals surface area contributed by atoms with Crippen LogP contribution in [-0.2, 0) is 22.4 Å². The molecule has 0 bridgehead atoms. The molecule has 0 spiro atoms. The van der Waals surface area contributed by atoms with E-state index in [0.29, 0.717) is 12.0 Å². The highest BCUT2D eigenvalue weighted by Crippen LogP contribution is 2.21. The number of nitrogens with zero attached hydrogens (tertiary/aromatic N) is 2. The first-order valence-electron chi connectivity index (χ1n) is 12.8. The van der Waals surface area contributed by atoms with Crippen LogP contribution in [0.4, 0.5) is 5.82 Å². The lowest BCUT2D eigenvalue weighted by Crippen LogP contribution is -2.41. The summed E-state index contributed by atoms with van der Waals surface area (Å²) in [6, 6.07) is 9.04. The van der Waals surface area contributed by atoms with Crippen LogP contribution in [0, 0.1) is 0 Å². The maximum atomic E-state index is 12.8. The molecule has 0 saturated heterocycles. The second-order valence-corrected chi connectivity index (χ2v) is 9.10. The van der Waals surface area contributed by atoms with E-state index in [9.17, 15) is 9.59 Å². The van der Waals surface area contributed by atoms with Gasteiger partial charge in [-0.15, -0.1) is 0 Å². The number of nitrogens with one attached hydrogen (secondary N) is 3. The Labute approximate surface area is 206 Å². The van der Waals surface area contributed by atoms with Crippen molar-refractivity contribution in [2.45, 2.75) is 70.8 Å². The normalized spacial score (nSPS) is 13.6. The van der Waals surface area contributed by atoms with Crippen LogP contribution in [0.3, 0.4) is 0 Å². The number of anilines is 1. The van der Waals surface area contributed by atoms with Gasteiger partial charge in [-0.25, -0.2) is 9.78 Å². The van der Waals surface area contributed by atoms with E-state index in [1.54, 1.807) is 25.3 Å². The number of benzene rings is 1. The molecule has 0 radical (unpaired) electrons. The van der Waals surface area contributed by atoms with E-state index in [1.807, 2.05) is 6.07 Å². The lowest BCUT2D eigenvalue weighted by molar-refractivity contribution is -0.145. The van der Waals surface area contributed by atoms with Crippen LogP contribution in [-0.4, -0.2) is 46.3 Å². The van der Waals surface area contributed by atoms with Gasteiger partial charge in [0.1, 0.15) is 11.9 Å². The highest BCUT2D eigenvalue weighted by Gasteiger charge is 2.22. The number of rotatable bonds is 12. The Kier molecular flexibility index (Phi) is 8.70. The molecule has 3 N–H and O–H groups in total. The van der Waals surface area contributed by atoms with E-state index in [4.69, 9.17) is 9.72 Å². The van der Waals surface area contributed by atoms with Gasteiger partial charge in [0.2, 0.25) is 0 Å². The Bertz CT molecular complexity index is 1140. The molecule has 35 heavy (non-hydrogen) atoms. The number of H-pyrrole nitrogens is 1. The predicted molar refractivity (Wildman–Crippen MR) is 136 cm³/mol. The Morgan fingerprint density at radius 1 is 1.11 bits per heavy atom. The molecule has 4 rings (SSSR count). The summed E-state index contributed by atoms with van der Waals surface area (Å²) >= 11 is 0. The lowest BCUT2D eigenvalue weighted by Gasteiger charge is -2.17. The van der Waals surface area contributed by atoms with Crippen LogP contribution >= 0.6 is 0 Å². The summed E-state index contributed by atoms with van der Waals surface area (Å²) in [6.07, 6.45) is 10.7. The zero-order valence-corrected chi connectivity index (χ0v) is 20.4. The Morgan fingerprint density at radius 3 is 2.86 bits per heavy atom. The smallest absolute Gasteiger partial charge is 0.328 e. The van der Waals surface area contributed by atoms with Crippen molar-refractivity contribution in [3.8, 4) is 0 Å². The molecular weight excluding hydrogens is 442 g/mol. The first-order valence-corrected chi connectivity index (χ1v) is 12.8. The van der Waals surface area contributed by atoms with Crippen LogP contribution in [0.5, 0.6) is 0 Å². The number of carbonyl (C=O) groups excluding carboxylic acids is 2. The Balaban J connectivity index is 1.19. The summed E-state index contributed by atoms with van der Waals surface area (Å²) in [5.74, 6) is 0.396. The number of amides is 1. The number of ether oxygens (including phenoxy) is 1. The Morgan fingerprint density at radius 2 is 1.97 bits per heavy atom. The van der Waals surface area contributed by atoms with Gasteiger partial charge in [0.25, 0.3) is 5.91 Å². The molecule has 1 atom stereocenters. The van der Waals surface area contributed by atoms with Gasteiger partial charge in [-0.1, -0.05) is 37.8 Å². The summed E-state index contributed by atoms with van der Waals surface area (Å²) in [5, 5.41) is 14.0. The maximum Gasteiger partial charge on any atom is 0.328 e. The quantitative estimate of drug-likeness (QED) is 0.261. The van der Waals surface area contributed by atoms with Crippen molar-refractivity contribution in [1.82, 2.24) is 20.5 Å². The summed E-state index contributed by atoms with van der Waals surface area (Å²) < 4.78 is 5.20. The van der Waals surface area contributed by atoms with Crippen molar-refractivity contribution in [3.05, 3.63) is 53.3 Å². The monoisotopic (exact) mass is 477 g/mol. The number of esters is 1. The highest BCUT2D eigenvalue weighted by atomic mass is 16.5. The molecule has 1 aliphatic heterocycles. The molecule has 0 unspecified atom stereocenters. The molecular formula is C27H35N5O3. The number of carbonyl (C=O) groups is 2. The van der Waals surface area contributed by atoms with Gasteiger partial charge in [-0.05, 0) is 62.8 Å². The van der Waals surface area contributed by atoms with Crippen molar-refractivity contribution in [2.75, 3.05) is 18.5 Å². The predicted octanol–water partition coefficient (Wildman–Crippen LogP) is 4.56. The van der Waals surface area contributed by atoms with Crippen molar-refractivity contribution >= 4 is 28.6 Å². The minimum absolute atomic E-state index is 0.286. The fourth-order valence-corrected chi connectivity index (χ4v) is 4.50. The zero-order chi connectivity index (χ0) is 24.5. The fraction of sp³-hybridized carbons (Fsp3) is 0.481. The van der Waals surface area contributed by atoms with Crippen LogP contribution < -0.4 is 10.6 Å². The largest absolute Gasteiger partial charge is 0.464 e. The molecule has 0 aliphatic carbocycles. The first-order chi connectivity index (χ1) is 17.1. The molecule has 0 fully saturated rings. The van der Waals surface area contributed by atoms with Gasteiger partial charge in [-0.3, -0.25) is 9.89 Å². The Hall–Kier alpha value is -3.42. The van der Waals surface area contributed by atoms with Gasteiger partial charge in [0, 0.05) is 23.2 Å². The fourth-order valence-electron chi connectivity index (χ4n) is 4.50. The number of fused-ring (bicyclic) bond motifs is 2. The number of aromatic amines is 1. The molecule has 8 heteroatoms. The number of aromatic nitrogens is 3. The van der Waals surface area contributed by atoms with E-state index in [-0.39, 0.29) is 18.5 Å². The van der Waals surface area contributed by atoms with Gasteiger partial charge < -0.3 is 15.4 Å². The van der Waals surface area contributed by atoms with E-state index < -0.39 is 6.04 Å². The van der Waals surface area contributed by atoms with Gasteiger partial charge >= 0.3 is 5.97 Å². The van der Waals surface area contributed by atoms with E-state index in [2.05, 4.69) is 33.0 Å². The number of aryl methyl sites for hydroxylation is 2. The van der Waals surface area contributed by atoms with Crippen molar-refractivity contribution in [1.29, 1.82) is 0 Å². The summed E-state index contributed by atoms with van der Waals surface area (Å²) in [7, 11) is 0. The standard InChI is InChI=1S/C27H35N5O3/c1-2-35-27(34)23(31-26(33)20-12-13-21-18-29-32-24(21)17-20)11-7-5-3-4-6-10-22-15-14-19-9-8-16-28-25(19)30-22/h12-15,17-18,23H,2-11,16H2,1H3,(H,28,30)(H,29,32)(H,31,33)/t23-/m0/s1. The van der Waals surface area contributed by atoms with Crippen LogP contribution in [0.2, 0.25) is 0 Å². The first kappa shape index (κ1) is 24.7. The van der Waals surface area contributed by atoms with Crippen molar-refractivity contribution < 1.29 is 14.3 Å². The minimum Gasteiger partial charge on any atom is -0.464 e. The number of hydrogen-bond donors (Lipinski definition) is 3.